The van der Waals surface area contributed by atoms with E-state index >= 15 is 0 Å². The number of aliphatic hydroxyl groups excluding tert-OH is 3. The topological polar surface area (TPSA) is 172 Å². The minimum Gasteiger partial charge on any atom is -0.394 e. The summed E-state index contributed by atoms with van der Waals surface area (Å²) in [6.07, 6.45) is -4.72. The maximum atomic E-state index is 11.6. The van der Waals surface area contributed by atoms with E-state index in [1.807, 2.05) is 0 Å². The average molecular weight is 284 g/mol. The molecule has 1 fully saturated rings. The highest BCUT2D eigenvalue weighted by molar-refractivity contribution is 5.69. The van der Waals surface area contributed by atoms with Crippen molar-refractivity contribution in [2.24, 2.45) is 0 Å². The van der Waals surface area contributed by atoms with Crippen LogP contribution in [0.25, 0.3) is 11.2 Å². The molecule has 0 unspecified atom stereocenters. The Morgan fingerprint density at radius 1 is 1.40 bits per heavy atom. The Balaban J connectivity index is 2.09. The number of aromatic nitrogens is 5. The van der Waals surface area contributed by atoms with Gasteiger partial charge in [-0.2, -0.15) is 9.67 Å². The van der Waals surface area contributed by atoms with Crippen molar-refractivity contribution in [3.63, 3.8) is 0 Å². The number of hydrogen-bond donors (Lipinski definition) is 5. The quantitative estimate of drug-likeness (QED) is 0.378. The van der Waals surface area contributed by atoms with Crippen LogP contribution in [0.2, 0.25) is 0 Å². The smallest absolute Gasteiger partial charge is 0.282 e. The fourth-order valence-corrected chi connectivity index (χ4v) is 2.11. The van der Waals surface area contributed by atoms with Gasteiger partial charge in [-0.1, -0.05) is 5.21 Å². The Morgan fingerprint density at radius 3 is 2.80 bits per heavy atom. The zero-order valence-corrected chi connectivity index (χ0v) is 10.0. The average Bonchev–Trinajstić information content (AvgIpc) is 2.93. The van der Waals surface area contributed by atoms with Gasteiger partial charge in [-0.25, -0.2) is 0 Å². The lowest BCUT2D eigenvalue weighted by Crippen LogP contribution is -2.33. The Kier molecular flexibility index (Phi) is 2.90. The third-order valence-electron chi connectivity index (χ3n) is 3.11. The van der Waals surface area contributed by atoms with Crippen molar-refractivity contribution in [3.8, 4) is 0 Å². The third kappa shape index (κ3) is 1.76. The van der Waals surface area contributed by atoms with E-state index in [0.717, 1.165) is 4.68 Å². The molecule has 20 heavy (non-hydrogen) atoms. The van der Waals surface area contributed by atoms with E-state index in [0.29, 0.717) is 0 Å². The van der Waals surface area contributed by atoms with Crippen LogP contribution in [-0.2, 0) is 4.74 Å². The van der Waals surface area contributed by atoms with Crippen LogP contribution in [-0.4, -0.2) is 65.2 Å². The number of ether oxygens (including phenoxy) is 1. The van der Waals surface area contributed by atoms with Gasteiger partial charge in [0.25, 0.3) is 5.56 Å². The van der Waals surface area contributed by atoms with Crippen LogP contribution >= 0.6 is 0 Å². The molecule has 1 aliphatic heterocycles. The molecule has 0 aliphatic carbocycles. The van der Waals surface area contributed by atoms with Gasteiger partial charge in [0.1, 0.15) is 18.3 Å². The molecule has 3 rings (SSSR count). The minimum atomic E-state index is -1.35. The van der Waals surface area contributed by atoms with E-state index in [-0.39, 0.29) is 17.1 Å². The molecule has 3 heterocycles. The van der Waals surface area contributed by atoms with Gasteiger partial charge in [-0.15, -0.1) is 5.10 Å². The maximum absolute atomic E-state index is 11.6. The zero-order chi connectivity index (χ0) is 14.4. The molecule has 0 saturated carbocycles. The highest BCUT2D eigenvalue weighted by atomic mass is 16.6. The van der Waals surface area contributed by atoms with Crippen LogP contribution in [0.5, 0.6) is 0 Å². The second kappa shape index (κ2) is 4.49. The molecule has 0 spiro atoms. The van der Waals surface area contributed by atoms with Gasteiger partial charge in [0.05, 0.1) is 6.61 Å². The first-order valence-electron chi connectivity index (χ1n) is 5.76. The van der Waals surface area contributed by atoms with Crippen molar-refractivity contribution in [1.82, 2.24) is 25.0 Å². The normalized spacial score (nSPS) is 30.1. The summed E-state index contributed by atoms with van der Waals surface area (Å²) in [7, 11) is 0. The standard InChI is InChI=1S/C9H12N6O5/c10-9-11-6-3(7(19)12-9)13-14-15(6)8-5(18)4(17)2(1-16)20-8/h2,4-5,8,16-18H,1H2,(H3,10,11,12,19)/t2-,4+,5+,8-/m1/s1. The SMILES string of the molecule is Nc1nc2c(nnn2[C@@H]2O[C@H](CO)[C@H](O)[C@@H]2O)c(=O)[nH]1. The summed E-state index contributed by atoms with van der Waals surface area (Å²) in [6.45, 7) is -0.475. The molecule has 11 heteroatoms. The monoisotopic (exact) mass is 284 g/mol. The number of anilines is 1. The second-order valence-electron chi connectivity index (χ2n) is 4.39. The lowest BCUT2D eigenvalue weighted by molar-refractivity contribution is -0.0574. The van der Waals surface area contributed by atoms with Crippen LogP contribution in [0, 0.1) is 0 Å². The molecular weight excluding hydrogens is 272 g/mol. The van der Waals surface area contributed by atoms with E-state index in [1.165, 1.54) is 0 Å². The molecule has 0 bridgehead atoms. The molecule has 0 radical (unpaired) electrons. The molecule has 2 aromatic heterocycles. The van der Waals surface area contributed by atoms with Crippen LogP contribution in [0.3, 0.4) is 0 Å². The van der Waals surface area contributed by atoms with Gasteiger partial charge in [-0.05, 0) is 0 Å². The van der Waals surface area contributed by atoms with Crippen LogP contribution in [0.4, 0.5) is 5.95 Å². The summed E-state index contributed by atoms with van der Waals surface area (Å²) in [5.41, 5.74) is 4.80. The highest BCUT2D eigenvalue weighted by Gasteiger charge is 2.44. The van der Waals surface area contributed by atoms with Crippen LogP contribution in [0.1, 0.15) is 6.23 Å². The Morgan fingerprint density at radius 2 is 2.15 bits per heavy atom. The van der Waals surface area contributed by atoms with Crippen LogP contribution < -0.4 is 11.3 Å². The lowest BCUT2D eigenvalue weighted by Gasteiger charge is -2.14. The van der Waals surface area contributed by atoms with E-state index in [4.69, 9.17) is 15.6 Å². The molecule has 2 aromatic rings. The summed E-state index contributed by atoms with van der Waals surface area (Å²) in [6, 6.07) is 0. The summed E-state index contributed by atoms with van der Waals surface area (Å²) in [4.78, 5) is 17.7. The molecule has 6 N–H and O–H groups in total. The second-order valence-corrected chi connectivity index (χ2v) is 4.39. The van der Waals surface area contributed by atoms with Gasteiger partial charge in [0.15, 0.2) is 17.4 Å². The Labute approximate surface area is 110 Å². The van der Waals surface area contributed by atoms with E-state index in [1.54, 1.807) is 0 Å². The number of nitrogens with zero attached hydrogens (tertiary/aromatic N) is 4. The first-order valence-corrected chi connectivity index (χ1v) is 5.76. The summed E-state index contributed by atoms with van der Waals surface area (Å²) in [5, 5.41) is 36.0. The number of nitrogens with two attached hydrogens (primary N) is 1. The van der Waals surface area contributed by atoms with Gasteiger partial charge < -0.3 is 25.8 Å². The zero-order valence-electron chi connectivity index (χ0n) is 10.0. The number of nitrogen functional groups attached to an aromatic ring is 1. The Bertz CT molecular complexity index is 698. The fourth-order valence-electron chi connectivity index (χ4n) is 2.11. The van der Waals surface area contributed by atoms with Crippen molar-refractivity contribution in [1.29, 1.82) is 0 Å². The largest absolute Gasteiger partial charge is 0.394 e. The first-order chi connectivity index (χ1) is 9.52. The molecule has 0 aromatic carbocycles. The van der Waals surface area contributed by atoms with Gasteiger partial charge in [-0.3, -0.25) is 9.78 Å². The molecule has 108 valence electrons. The lowest BCUT2D eigenvalue weighted by atomic mass is 10.1. The number of rotatable bonds is 2. The first kappa shape index (κ1) is 12.9. The van der Waals surface area contributed by atoms with Crippen LogP contribution in [0.15, 0.2) is 4.79 Å². The highest BCUT2D eigenvalue weighted by Crippen LogP contribution is 2.29. The predicted octanol–water partition coefficient (Wildman–Crippen LogP) is -3.29. The third-order valence-corrected chi connectivity index (χ3v) is 3.11. The molecule has 0 amide bonds. The number of nitrogens with one attached hydrogen (secondary N) is 1. The number of aromatic amines is 1. The Hall–Kier alpha value is -2.08. The van der Waals surface area contributed by atoms with E-state index in [9.17, 15) is 15.0 Å². The van der Waals surface area contributed by atoms with Crippen molar-refractivity contribution < 1.29 is 20.1 Å². The molecular formula is C9H12N6O5. The molecule has 1 aliphatic rings. The van der Waals surface area contributed by atoms with E-state index in [2.05, 4.69) is 20.3 Å². The number of fused-ring (bicyclic) bond motifs is 1. The number of hydrogen-bond acceptors (Lipinski definition) is 9. The fraction of sp³-hybridized carbons (Fsp3) is 0.556. The van der Waals surface area contributed by atoms with E-state index < -0.39 is 36.7 Å². The van der Waals surface area contributed by atoms with Gasteiger partial charge in [0, 0.05) is 0 Å². The number of aliphatic hydroxyl groups is 3. The number of H-pyrrole nitrogens is 1. The molecule has 1 saturated heterocycles. The summed E-state index contributed by atoms with van der Waals surface area (Å²) in [5.74, 6) is -0.141. The summed E-state index contributed by atoms with van der Waals surface area (Å²) >= 11 is 0. The van der Waals surface area contributed by atoms with Gasteiger partial charge >= 0.3 is 0 Å². The summed E-state index contributed by atoms with van der Waals surface area (Å²) < 4.78 is 6.33. The van der Waals surface area contributed by atoms with Gasteiger partial charge in [0.2, 0.25) is 5.95 Å². The van der Waals surface area contributed by atoms with Crippen molar-refractivity contribution in [2.45, 2.75) is 24.5 Å². The minimum absolute atomic E-state index is 0.0149. The van der Waals surface area contributed by atoms with Crippen molar-refractivity contribution in [2.75, 3.05) is 12.3 Å². The van der Waals surface area contributed by atoms with Crippen molar-refractivity contribution in [3.05, 3.63) is 10.4 Å². The molecule has 11 nitrogen and oxygen atoms in total. The molecule has 4 atom stereocenters. The predicted molar refractivity (Wildman–Crippen MR) is 63.4 cm³/mol. The van der Waals surface area contributed by atoms with Crippen molar-refractivity contribution >= 4 is 17.1 Å². The maximum Gasteiger partial charge on any atom is 0.282 e.